The summed E-state index contributed by atoms with van der Waals surface area (Å²) in [7, 11) is 0. The molecule has 0 saturated heterocycles. The van der Waals surface area contributed by atoms with Crippen LogP contribution in [0.5, 0.6) is 0 Å². The van der Waals surface area contributed by atoms with Gasteiger partial charge >= 0.3 is 12.1 Å². The van der Waals surface area contributed by atoms with E-state index < -0.39 is 6.03 Å². The largest absolute Gasteiger partial charge is 0.343 e. The number of nitrogens with zero attached hydrogens (tertiary/aromatic N) is 1. The third kappa shape index (κ3) is 10.4. The molecule has 0 radical (unpaired) electrons. The molecule has 0 aromatic heterocycles. The van der Waals surface area contributed by atoms with Crippen LogP contribution in [-0.4, -0.2) is 34.6 Å². The van der Waals surface area contributed by atoms with E-state index >= 15 is 0 Å². The lowest BCUT2D eigenvalue weighted by molar-refractivity contribution is 0.236. The average Bonchev–Trinajstić information content (AvgIpc) is 2.10. The van der Waals surface area contributed by atoms with Gasteiger partial charge < -0.3 is 10.6 Å². The van der Waals surface area contributed by atoms with Gasteiger partial charge in [0.25, 0.3) is 0 Å². The minimum Gasteiger partial charge on any atom is -0.333 e. The van der Waals surface area contributed by atoms with Crippen molar-refractivity contribution in [1.82, 2.24) is 16.0 Å². The van der Waals surface area contributed by atoms with Crippen LogP contribution in [-0.2, 0) is 0 Å². The van der Waals surface area contributed by atoms with Gasteiger partial charge in [-0.1, -0.05) is 11.8 Å². The monoisotopic (exact) mass is 288 g/mol. The molecule has 110 valence electrons. The van der Waals surface area contributed by atoms with Gasteiger partial charge in [-0.25, -0.2) is 9.59 Å². The molecule has 0 fully saturated rings. The SMILES string of the molecule is CSC(=NC(=O)NC(C)(C)C)NC(=O)NC(C)(C)C. The van der Waals surface area contributed by atoms with Crippen molar-refractivity contribution in [2.45, 2.75) is 52.6 Å². The fraction of sp³-hybridized carbons (Fsp3) is 0.750. The highest BCUT2D eigenvalue weighted by Gasteiger charge is 2.17. The van der Waals surface area contributed by atoms with Crippen LogP contribution in [0.4, 0.5) is 9.59 Å². The second-order valence-electron chi connectivity index (χ2n) is 6.13. The van der Waals surface area contributed by atoms with E-state index in [4.69, 9.17) is 0 Å². The molecular formula is C12H24N4O2S. The molecule has 7 heteroatoms. The van der Waals surface area contributed by atoms with E-state index in [1.807, 2.05) is 41.5 Å². The maximum atomic E-state index is 11.6. The van der Waals surface area contributed by atoms with Crippen molar-refractivity contribution in [1.29, 1.82) is 0 Å². The molecule has 0 aliphatic heterocycles. The Morgan fingerprint density at radius 1 is 0.947 bits per heavy atom. The van der Waals surface area contributed by atoms with Crippen molar-refractivity contribution >= 4 is 29.0 Å². The molecule has 0 heterocycles. The second kappa shape index (κ2) is 6.79. The standard InChI is InChI=1S/C12H24N4O2S/c1-11(2,3)15-8(17)13-10(19-7)14-9(18)16-12(4,5)6/h1-7H3,(H3,13,14,15,16,17,18). The Bertz CT molecular complexity index is 367. The van der Waals surface area contributed by atoms with Crippen LogP contribution in [0.3, 0.4) is 0 Å². The molecule has 19 heavy (non-hydrogen) atoms. The molecule has 0 bridgehead atoms. The number of hydrogen-bond donors (Lipinski definition) is 3. The van der Waals surface area contributed by atoms with Gasteiger partial charge in [0, 0.05) is 11.1 Å². The number of thioether (sulfide) groups is 1. The molecule has 4 amide bonds. The summed E-state index contributed by atoms with van der Waals surface area (Å²) in [4.78, 5) is 27.1. The van der Waals surface area contributed by atoms with E-state index in [1.54, 1.807) is 6.26 Å². The van der Waals surface area contributed by atoms with Gasteiger partial charge in [0.2, 0.25) is 0 Å². The predicted octanol–water partition coefficient (Wildman–Crippen LogP) is 2.31. The molecule has 0 atom stereocenters. The molecule has 0 aromatic rings. The first-order chi connectivity index (χ1) is 8.43. The first-order valence-electron chi connectivity index (χ1n) is 5.97. The summed E-state index contributed by atoms with van der Waals surface area (Å²) in [5.74, 6) is 0. The lowest BCUT2D eigenvalue weighted by Gasteiger charge is -2.21. The Hall–Kier alpha value is -1.24. The van der Waals surface area contributed by atoms with Crippen LogP contribution in [0.25, 0.3) is 0 Å². The highest BCUT2D eigenvalue weighted by molar-refractivity contribution is 8.13. The molecule has 0 rings (SSSR count). The van der Waals surface area contributed by atoms with Gasteiger partial charge in [0.05, 0.1) is 0 Å². The number of carbonyl (C=O) groups excluding carboxylic acids is 2. The van der Waals surface area contributed by atoms with Crippen LogP contribution in [0, 0.1) is 0 Å². The Labute approximate surface area is 119 Å². The molecule has 0 saturated carbocycles. The second-order valence-corrected chi connectivity index (χ2v) is 6.93. The van der Waals surface area contributed by atoms with E-state index in [2.05, 4.69) is 20.9 Å². The number of amidine groups is 1. The first kappa shape index (κ1) is 17.8. The normalized spacial score (nSPS) is 12.9. The van der Waals surface area contributed by atoms with Crippen molar-refractivity contribution in [3.8, 4) is 0 Å². The lowest BCUT2D eigenvalue weighted by Crippen LogP contribution is -2.48. The number of hydrogen-bond acceptors (Lipinski definition) is 3. The summed E-state index contributed by atoms with van der Waals surface area (Å²) in [6, 6.07) is -0.864. The van der Waals surface area contributed by atoms with E-state index in [1.165, 1.54) is 11.8 Å². The molecule has 6 nitrogen and oxygen atoms in total. The van der Waals surface area contributed by atoms with Gasteiger partial charge in [-0.3, -0.25) is 5.32 Å². The van der Waals surface area contributed by atoms with E-state index in [-0.39, 0.29) is 22.3 Å². The van der Waals surface area contributed by atoms with Gasteiger partial charge in [0.15, 0.2) is 5.17 Å². The Morgan fingerprint density at radius 2 is 1.42 bits per heavy atom. The number of nitrogens with one attached hydrogen (secondary N) is 3. The van der Waals surface area contributed by atoms with Crippen molar-refractivity contribution in [3.63, 3.8) is 0 Å². The number of amides is 4. The number of urea groups is 2. The molecule has 0 aliphatic carbocycles. The van der Waals surface area contributed by atoms with Crippen LogP contribution < -0.4 is 16.0 Å². The zero-order valence-electron chi connectivity index (χ0n) is 12.7. The quantitative estimate of drug-likeness (QED) is 0.472. The molecule has 0 aliphatic rings. The average molecular weight is 288 g/mol. The third-order valence-electron chi connectivity index (χ3n) is 1.59. The summed E-state index contributed by atoms with van der Waals surface area (Å²) >= 11 is 1.20. The number of rotatable bonds is 0. The van der Waals surface area contributed by atoms with Crippen LogP contribution in [0.15, 0.2) is 4.99 Å². The van der Waals surface area contributed by atoms with Crippen LogP contribution >= 0.6 is 11.8 Å². The van der Waals surface area contributed by atoms with Gasteiger partial charge in [-0.15, -0.1) is 0 Å². The fourth-order valence-electron chi connectivity index (χ4n) is 1.03. The highest BCUT2D eigenvalue weighted by atomic mass is 32.2. The Morgan fingerprint density at radius 3 is 1.79 bits per heavy atom. The maximum absolute atomic E-state index is 11.6. The van der Waals surface area contributed by atoms with E-state index in [0.29, 0.717) is 0 Å². The van der Waals surface area contributed by atoms with Gasteiger partial charge in [-0.05, 0) is 47.8 Å². The smallest absolute Gasteiger partial charge is 0.333 e. The lowest BCUT2D eigenvalue weighted by atomic mass is 10.1. The van der Waals surface area contributed by atoms with E-state index in [9.17, 15) is 9.59 Å². The summed E-state index contributed by atoms with van der Waals surface area (Å²) in [5.41, 5.74) is -0.709. The summed E-state index contributed by atoms with van der Waals surface area (Å²) < 4.78 is 0. The summed E-state index contributed by atoms with van der Waals surface area (Å²) in [5, 5.41) is 8.22. The number of aliphatic imine (C=N–C) groups is 1. The van der Waals surface area contributed by atoms with E-state index in [0.717, 1.165) is 0 Å². The summed E-state index contributed by atoms with van der Waals surface area (Å²) in [6.45, 7) is 11.2. The minimum absolute atomic E-state index is 0.253. The molecule has 0 unspecified atom stereocenters. The Kier molecular flexibility index (Phi) is 6.35. The van der Waals surface area contributed by atoms with Gasteiger partial charge in [0.1, 0.15) is 0 Å². The van der Waals surface area contributed by atoms with Crippen molar-refractivity contribution < 1.29 is 9.59 Å². The molecule has 0 spiro atoms. The van der Waals surface area contributed by atoms with Crippen molar-refractivity contribution in [2.75, 3.05) is 6.26 Å². The fourth-order valence-corrected chi connectivity index (χ4v) is 1.40. The van der Waals surface area contributed by atoms with Crippen LogP contribution in [0.2, 0.25) is 0 Å². The minimum atomic E-state index is -0.479. The highest BCUT2D eigenvalue weighted by Crippen LogP contribution is 2.02. The topological polar surface area (TPSA) is 82.6 Å². The van der Waals surface area contributed by atoms with Crippen LogP contribution in [0.1, 0.15) is 41.5 Å². The Balaban J connectivity index is 4.58. The van der Waals surface area contributed by atoms with Crippen molar-refractivity contribution in [3.05, 3.63) is 0 Å². The molecular weight excluding hydrogens is 264 g/mol. The third-order valence-corrected chi connectivity index (χ3v) is 2.17. The van der Waals surface area contributed by atoms with Crippen molar-refractivity contribution in [2.24, 2.45) is 4.99 Å². The predicted molar refractivity (Wildman–Crippen MR) is 80.7 cm³/mol. The molecule has 0 aromatic carbocycles. The zero-order chi connectivity index (χ0) is 15.3. The van der Waals surface area contributed by atoms with Gasteiger partial charge in [-0.2, -0.15) is 4.99 Å². The first-order valence-corrected chi connectivity index (χ1v) is 7.19. The molecule has 3 N–H and O–H groups in total. The number of carbonyl (C=O) groups is 2. The maximum Gasteiger partial charge on any atom is 0.343 e. The summed E-state index contributed by atoms with van der Waals surface area (Å²) in [6.07, 6.45) is 1.74. The zero-order valence-corrected chi connectivity index (χ0v) is 13.5.